The van der Waals surface area contributed by atoms with Gasteiger partial charge in [-0.2, -0.15) is 0 Å². The average molecular weight is 301 g/mol. The van der Waals surface area contributed by atoms with Gasteiger partial charge in [-0.1, -0.05) is 6.07 Å². The van der Waals surface area contributed by atoms with Gasteiger partial charge in [0.1, 0.15) is 22.2 Å². The zero-order valence-corrected chi connectivity index (χ0v) is 12.3. The number of hydrogen-bond donors (Lipinski definition) is 2. The summed E-state index contributed by atoms with van der Waals surface area (Å²) in [5, 5.41) is 11.9. The molecule has 0 radical (unpaired) electrons. The number of carbonyl (C=O) groups is 1. The van der Waals surface area contributed by atoms with Crippen LogP contribution in [0.4, 0.5) is 0 Å². The lowest BCUT2D eigenvalue weighted by atomic mass is 10.2. The molecular formula is C13H19NO5S. The number of hydrogen-bond acceptors (Lipinski definition) is 5. The van der Waals surface area contributed by atoms with Crippen LogP contribution in [0, 0.1) is 0 Å². The Morgan fingerprint density at radius 3 is 2.75 bits per heavy atom. The van der Waals surface area contributed by atoms with E-state index in [-0.39, 0.29) is 17.4 Å². The van der Waals surface area contributed by atoms with E-state index >= 15 is 0 Å². The van der Waals surface area contributed by atoms with Gasteiger partial charge >= 0.3 is 5.97 Å². The van der Waals surface area contributed by atoms with Gasteiger partial charge in [-0.05, 0) is 25.1 Å². The lowest BCUT2D eigenvalue weighted by Crippen LogP contribution is -2.35. The van der Waals surface area contributed by atoms with Crippen molar-refractivity contribution in [3.05, 3.63) is 29.8 Å². The molecule has 0 aliphatic heterocycles. The minimum Gasteiger partial charge on any atom is -0.492 e. The highest BCUT2D eigenvalue weighted by Crippen LogP contribution is 2.12. The minimum absolute atomic E-state index is 0.0709. The minimum atomic E-state index is -3.00. The Kier molecular flexibility index (Phi) is 5.97. The van der Waals surface area contributed by atoms with Gasteiger partial charge in [0.05, 0.1) is 11.3 Å². The Morgan fingerprint density at radius 2 is 2.15 bits per heavy atom. The third-order valence-electron chi connectivity index (χ3n) is 2.50. The maximum absolute atomic E-state index is 11.1. The van der Waals surface area contributed by atoms with E-state index in [9.17, 15) is 13.2 Å². The number of benzene rings is 1. The first-order valence-corrected chi connectivity index (χ1v) is 8.21. The SMILES string of the molecule is CC(CS(C)(=O)=O)NCCOc1cccc(C(=O)O)c1. The van der Waals surface area contributed by atoms with Crippen molar-refractivity contribution in [3.63, 3.8) is 0 Å². The second-order valence-corrected chi connectivity index (χ2v) is 6.81. The Balaban J connectivity index is 2.34. The van der Waals surface area contributed by atoms with E-state index in [2.05, 4.69) is 5.32 Å². The molecule has 2 N–H and O–H groups in total. The zero-order valence-electron chi connectivity index (χ0n) is 11.5. The van der Waals surface area contributed by atoms with Crippen molar-refractivity contribution < 1.29 is 23.1 Å². The third-order valence-corrected chi connectivity index (χ3v) is 3.60. The molecule has 0 aliphatic rings. The predicted molar refractivity (Wildman–Crippen MR) is 76.1 cm³/mol. The molecule has 1 atom stereocenters. The highest BCUT2D eigenvalue weighted by atomic mass is 32.2. The highest BCUT2D eigenvalue weighted by Gasteiger charge is 2.09. The molecule has 1 aromatic carbocycles. The molecule has 1 aromatic rings. The quantitative estimate of drug-likeness (QED) is 0.690. The average Bonchev–Trinajstić information content (AvgIpc) is 2.33. The van der Waals surface area contributed by atoms with Crippen molar-refractivity contribution in [3.8, 4) is 5.75 Å². The summed E-state index contributed by atoms with van der Waals surface area (Å²) < 4.78 is 27.5. The number of rotatable bonds is 8. The molecule has 0 amide bonds. The van der Waals surface area contributed by atoms with E-state index < -0.39 is 15.8 Å². The Labute approximate surface area is 118 Å². The highest BCUT2D eigenvalue weighted by molar-refractivity contribution is 7.90. The van der Waals surface area contributed by atoms with Crippen molar-refractivity contribution in [1.29, 1.82) is 0 Å². The van der Waals surface area contributed by atoms with E-state index in [4.69, 9.17) is 9.84 Å². The van der Waals surface area contributed by atoms with Crippen molar-refractivity contribution in [1.82, 2.24) is 5.32 Å². The van der Waals surface area contributed by atoms with Crippen molar-refractivity contribution in [2.24, 2.45) is 0 Å². The van der Waals surface area contributed by atoms with Crippen LogP contribution in [0.2, 0.25) is 0 Å². The molecule has 0 spiro atoms. The summed E-state index contributed by atoms with van der Waals surface area (Å²) in [5.41, 5.74) is 0.168. The molecule has 20 heavy (non-hydrogen) atoms. The van der Waals surface area contributed by atoms with Gasteiger partial charge in [0.25, 0.3) is 0 Å². The Morgan fingerprint density at radius 1 is 1.45 bits per heavy atom. The lowest BCUT2D eigenvalue weighted by molar-refractivity contribution is 0.0696. The number of carboxylic acids is 1. The number of nitrogens with one attached hydrogen (secondary N) is 1. The topological polar surface area (TPSA) is 92.7 Å². The van der Waals surface area contributed by atoms with E-state index in [0.29, 0.717) is 18.9 Å². The van der Waals surface area contributed by atoms with Crippen LogP contribution in [0.3, 0.4) is 0 Å². The standard InChI is InChI=1S/C13H19NO5S/c1-10(9-20(2,17)18)14-6-7-19-12-5-3-4-11(8-12)13(15)16/h3-5,8,10,14H,6-7,9H2,1-2H3,(H,15,16). The smallest absolute Gasteiger partial charge is 0.335 e. The molecule has 1 unspecified atom stereocenters. The largest absolute Gasteiger partial charge is 0.492 e. The third kappa shape index (κ3) is 6.53. The van der Waals surface area contributed by atoms with E-state index in [1.54, 1.807) is 19.1 Å². The predicted octanol–water partition coefficient (Wildman–Crippen LogP) is 0.786. The maximum Gasteiger partial charge on any atom is 0.335 e. The number of ether oxygens (including phenoxy) is 1. The lowest BCUT2D eigenvalue weighted by Gasteiger charge is -2.13. The van der Waals surface area contributed by atoms with Crippen LogP contribution in [-0.4, -0.2) is 50.7 Å². The van der Waals surface area contributed by atoms with Gasteiger partial charge < -0.3 is 15.2 Å². The van der Waals surface area contributed by atoms with Crippen LogP contribution in [0.25, 0.3) is 0 Å². The molecule has 0 saturated heterocycles. The molecule has 0 heterocycles. The summed E-state index contributed by atoms with van der Waals surface area (Å²) in [5.74, 6) is -0.459. The van der Waals surface area contributed by atoms with Crippen LogP contribution in [-0.2, 0) is 9.84 Å². The Bertz CT molecular complexity index is 556. The Hall–Kier alpha value is -1.60. The summed E-state index contributed by atoms with van der Waals surface area (Å²) in [7, 11) is -3.00. The molecule has 7 heteroatoms. The zero-order chi connectivity index (χ0) is 15.2. The normalized spacial score (nSPS) is 12.9. The van der Waals surface area contributed by atoms with Gasteiger partial charge in [0.15, 0.2) is 0 Å². The fourth-order valence-electron chi connectivity index (χ4n) is 1.71. The summed E-state index contributed by atoms with van der Waals surface area (Å²) >= 11 is 0. The summed E-state index contributed by atoms with van der Waals surface area (Å²) in [6, 6.07) is 6.06. The molecule has 0 aliphatic carbocycles. The van der Waals surface area contributed by atoms with Gasteiger partial charge in [-0.3, -0.25) is 0 Å². The first-order valence-electron chi connectivity index (χ1n) is 6.15. The molecule has 0 aromatic heterocycles. The fraction of sp³-hybridized carbons (Fsp3) is 0.462. The van der Waals surface area contributed by atoms with Crippen molar-refractivity contribution in [2.45, 2.75) is 13.0 Å². The molecule has 1 rings (SSSR count). The van der Waals surface area contributed by atoms with Crippen LogP contribution in [0.1, 0.15) is 17.3 Å². The monoisotopic (exact) mass is 301 g/mol. The number of carboxylic acid groups (broad SMARTS) is 1. The van der Waals surface area contributed by atoms with Crippen LogP contribution in [0.5, 0.6) is 5.75 Å². The number of aromatic carboxylic acids is 1. The summed E-state index contributed by atoms with van der Waals surface area (Å²) in [6.45, 7) is 2.59. The first kappa shape index (κ1) is 16.5. The van der Waals surface area contributed by atoms with Crippen LogP contribution in [0.15, 0.2) is 24.3 Å². The van der Waals surface area contributed by atoms with Gasteiger partial charge in [0, 0.05) is 18.8 Å². The van der Waals surface area contributed by atoms with Gasteiger partial charge in [0.2, 0.25) is 0 Å². The molecule has 112 valence electrons. The molecule has 0 bridgehead atoms. The summed E-state index contributed by atoms with van der Waals surface area (Å²) in [4.78, 5) is 10.8. The maximum atomic E-state index is 11.1. The fourth-order valence-corrected chi connectivity index (χ4v) is 2.73. The molecular weight excluding hydrogens is 282 g/mol. The van der Waals surface area contributed by atoms with E-state index in [1.165, 1.54) is 18.4 Å². The van der Waals surface area contributed by atoms with Crippen molar-refractivity contribution in [2.75, 3.05) is 25.2 Å². The van der Waals surface area contributed by atoms with Crippen LogP contribution >= 0.6 is 0 Å². The molecule has 6 nitrogen and oxygen atoms in total. The molecule has 0 saturated carbocycles. The van der Waals surface area contributed by atoms with Gasteiger partial charge in [-0.25, -0.2) is 13.2 Å². The van der Waals surface area contributed by atoms with Crippen molar-refractivity contribution >= 4 is 15.8 Å². The van der Waals surface area contributed by atoms with E-state index in [1.807, 2.05) is 0 Å². The second kappa shape index (κ2) is 7.25. The van der Waals surface area contributed by atoms with Crippen LogP contribution < -0.4 is 10.1 Å². The molecule has 0 fully saturated rings. The summed E-state index contributed by atoms with van der Waals surface area (Å²) in [6.07, 6.45) is 1.19. The number of sulfone groups is 1. The first-order chi connectivity index (χ1) is 9.28. The van der Waals surface area contributed by atoms with E-state index in [0.717, 1.165) is 0 Å². The van der Waals surface area contributed by atoms with Gasteiger partial charge in [-0.15, -0.1) is 0 Å². The second-order valence-electron chi connectivity index (χ2n) is 4.63.